The molecule has 0 aliphatic heterocycles. The van der Waals surface area contributed by atoms with Gasteiger partial charge in [-0.1, -0.05) is 42.5 Å². The summed E-state index contributed by atoms with van der Waals surface area (Å²) in [6, 6.07) is 17.9. The maximum atomic E-state index is 10.3. The topological polar surface area (TPSA) is 49.4 Å². The van der Waals surface area contributed by atoms with E-state index < -0.39 is 12.6 Å². The summed E-state index contributed by atoms with van der Waals surface area (Å²) in [6.45, 7) is -0.409. The number of carbonyl (C=O) groups excluding carboxylic acids is 1. The normalized spacial score (nSPS) is 9.71. The van der Waals surface area contributed by atoms with Crippen LogP contribution >= 0.6 is 0 Å². The Morgan fingerprint density at radius 2 is 1.48 bits per heavy atom. The van der Waals surface area contributed by atoms with E-state index in [1.54, 1.807) is 12.1 Å². The van der Waals surface area contributed by atoms with E-state index >= 15 is 0 Å². The van der Waals surface area contributed by atoms with Gasteiger partial charge in [0.25, 0.3) is 0 Å². The van der Waals surface area contributed by atoms with E-state index in [1.807, 2.05) is 18.2 Å². The molecule has 0 aliphatic rings. The number of aryl methyl sites for hydroxylation is 2. The first-order valence-corrected chi connectivity index (χ1v) is 6.69. The van der Waals surface area contributed by atoms with Gasteiger partial charge in [0, 0.05) is 0 Å². The first-order valence-electron chi connectivity index (χ1n) is 6.69. The molecule has 0 unspecified atom stereocenters. The van der Waals surface area contributed by atoms with E-state index in [4.69, 9.17) is 4.74 Å². The maximum absolute atomic E-state index is 10.3. The Kier molecular flexibility index (Phi) is 8.13. The molecule has 0 bridgehead atoms. The first-order chi connectivity index (χ1) is 9.74. The van der Waals surface area contributed by atoms with Crippen LogP contribution in [0.15, 0.2) is 54.6 Å². The number of aliphatic carboxylic acids is 1. The molecule has 0 aliphatic carbocycles. The van der Waals surface area contributed by atoms with Crippen LogP contribution in [-0.2, 0) is 17.6 Å². The Labute approximate surface area is 147 Å². The molecule has 0 fully saturated rings. The average molecular weight is 292 g/mol. The van der Waals surface area contributed by atoms with Gasteiger partial charge in [-0.25, -0.2) is 0 Å². The number of hydrogen-bond donors (Lipinski definition) is 0. The molecule has 4 heteroatoms. The zero-order valence-electron chi connectivity index (χ0n) is 12.2. The van der Waals surface area contributed by atoms with Crippen molar-refractivity contribution in [2.45, 2.75) is 19.3 Å². The van der Waals surface area contributed by atoms with Crippen molar-refractivity contribution in [1.29, 1.82) is 0 Å². The van der Waals surface area contributed by atoms with Gasteiger partial charge in [-0.05, 0) is 42.5 Å². The number of carbonyl (C=O) groups is 1. The molecule has 2 rings (SSSR count). The molecule has 0 heterocycles. The zero-order chi connectivity index (χ0) is 14.2. The van der Waals surface area contributed by atoms with Crippen LogP contribution in [0.5, 0.6) is 5.75 Å². The second kappa shape index (κ2) is 9.61. The summed E-state index contributed by atoms with van der Waals surface area (Å²) in [5.41, 5.74) is 2.57. The summed E-state index contributed by atoms with van der Waals surface area (Å²) in [5, 5.41) is 10.3. The summed E-state index contributed by atoms with van der Waals surface area (Å²) >= 11 is 0. The molecule has 2 aromatic carbocycles. The van der Waals surface area contributed by atoms with Crippen molar-refractivity contribution < 1.29 is 44.2 Å². The summed E-state index contributed by atoms with van der Waals surface area (Å²) in [4.78, 5) is 10.3. The molecule has 0 amide bonds. The minimum atomic E-state index is -1.21. The van der Waals surface area contributed by atoms with Crippen LogP contribution in [0.25, 0.3) is 0 Å². The Morgan fingerprint density at radius 3 is 2.05 bits per heavy atom. The van der Waals surface area contributed by atoms with E-state index in [9.17, 15) is 9.90 Å². The van der Waals surface area contributed by atoms with Gasteiger partial charge in [0.15, 0.2) is 0 Å². The quantitative estimate of drug-likeness (QED) is 0.615. The number of rotatable bonds is 7. The fraction of sp³-hybridized carbons (Fsp3) is 0.235. The van der Waals surface area contributed by atoms with E-state index in [-0.39, 0.29) is 29.6 Å². The second-order valence-electron chi connectivity index (χ2n) is 4.64. The first kappa shape index (κ1) is 17.8. The van der Waals surface area contributed by atoms with Gasteiger partial charge in [0.05, 0.1) is 5.97 Å². The SMILES string of the molecule is O=C([O-])COc1ccc(CCCc2ccccc2)cc1.[Na+]. The molecule has 0 aromatic heterocycles. The number of hydrogen-bond acceptors (Lipinski definition) is 3. The molecular formula is C17H17NaO3. The van der Waals surface area contributed by atoms with Gasteiger partial charge in [-0.15, -0.1) is 0 Å². The number of carboxylic acid groups (broad SMARTS) is 1. The molecule has 0 N–H and O–H groups in total. The Balaban J connectivity index is 0.00000220. The number of carboxylic acids is 1. The minimum absolute atomic E-state index is 0. The maximum Gasteiger partial charge on any atom is 1.00 e. The van der Waals surface area contributed by atoms with E-state index in [1.165, 1.54) is 11.1 Å². The third-order valence-corrected chi connectivity index (χ3v) is 3.05. The largest absolute Gasteiger partial charge is 1.00 e. The van der Waals surface area contributed by atoms with Crippen molar-refractivity contribution in [3.8, 4) is 5.75 Å². The molecule has 0 atom stereocenters. The van der Waals surface area contributed by atoms with E-state index in [0.29, 0.717) is 5.75 Å². The standard InChI is InChI=1S/C17H18O3.Na/c18-17(19)13-20-16-11-9-15(10-12-16)8-4-7-14-5-2-1-3-6-14;/h1-3,5-6,9-12H,4,7-8,13H2,(H,18,19);/q;+1/p-1. The predicted molar refractivity (Wildman–Crippen MR) is 75.4 cm³/mol. The van der Waals surface area contributed by atoms with Crippen molar-refractivity contribution in [3.05, 3.63) is 65.7 Å². The summed E-state index contributed by atoms with van der Waals surface area (Å²) < 4.78 is 5.03. The Hall–Kier alpha value is -1.29. The molecule has 2 aromatic rings. The van der Waals surface area contributed by atoms with Gasteiger partial charge in [-0.2, -0.15) is 0 Å². The van der Waals surface area contributed by atoms with Crippen LogP contribution in [0.4, 0.5) is 0 Å². The van der Waals surface area contributed by atoms with Crippen molar-refractivity contribution in [2.24, 2.45) is 0 Å². The molecule has 0 saturated carbocycles. The number of benzene rings is 2. The van der Waals surface area contributed by atoms with Crippen LogP contribution in [-0.4, -0.2) is 12.6 Å². The van der Waals surface area contributed by atoms with E-state index in [0.717, 1.165) is 19.3 Å². The van der Waals surface area contributed by atoms with Crippen LogP contribution in [0.2, 0.25) is 0 Å². The molecule has 104 valence electrons. The molecule has 0 saturated heterocycles. The third-order valence-electron chi connectivity index (χ3n) is 3.05. The monoisotopic (exact) mass is 292 g/mol. The summed E-state index contributed by atoms with van der Waals surface area (Å²) in [6.07, 6.45) is 3.14. The van der Waals surface area contributed by atoms with Crippen molar-refractivity contribution in [2.75, 3.05) is 6.61 Å². The van der Waals surface area contributed by atoms with Crippen LogP contribution in [0.3, 0.4) is 0 Å². The smallest absolute Gasteiger partial charge is 0.546 e. The van der Waals surface area contributed by atoms with Gasteiger partial charge >= 0.3 is 29.6 Å². The summed E-state index contributed by atoms with van der Waals surface area (Å²) in [7, 11) is 0. The predicted octanol–water partition coefficient (Wildman–Crippen LogP) is -1.01. The Bertz CT molecular complexity index is 538. The van der Waals surface area contributed by atoms with Gasteiger partial charge in [0.1, 0.15) is 12.4 Å². The zero-order valence-corrected chi connectivity index (χ0v) is 14.2. The van der Waals surface area contributed by atoms with Crippen molar-refractivity contribution in [3.63, 3.8) is 0 Å². The van der Waals surface area contributed by atoms with Gasteiger partial charge in [-0.3, -0.25) is 0 Å². The molecular weight excluding hydrogens is 275 g/mol. The van der Waals surface area contributed by atoms with Crippen molar-refractivity contribution >= 4 is 5.97 Å². The molecule has 0 spiro atoms. The fourth-order valence-electron chi connectivity index (χ4n) is 2.04. The average Bonchev–Trinajstić information content (AvgIpc) is 2.47. The second-order valence-corrected chi connectivity index (χ2v) is 4.64. The molecule has 21 heavy (non-hydrogen) atoms. The van der Waals surface area contributed by atoms with E-state index in [2.05, 4.69) is 24.3 Å². The third kappa shape index (κ3) is 6.80. The fourth-order valence-corrected chi connectivity index (χ4v) is 2.04. The van der Waals surface area contributed by atoms with Crippen LogP contribution in [0, 0.1) is 0 Å². The molecule has 3 nitrogen and oxygen atoms in total. The van der Waals surface area contributed by atoms with Crippen molar-refractivity contribution in [1.82, 2.24) is 0 Å². The van der Waals surface area contributed by atoms with Gasteiger partial charge in [0.2, 0.25) is 0 Å². The number of ether oxygens (including phenoxy) is 1. The van der Waals surface area contributed by atoms with Crippen LogP contribution < -0.4 is 39.4 Å². The van der Waals surface area contributed by atoms with Gasteiger partial charge < -0.3 is 14.6 Å². The Morgan fingerprint density at radius 1 is 0.905 bits per heavy atom. The minimum Gasteiger partial charge on any atom is -0.546 e. The molecule has 0 radical (unpaired) electrons. The summed E-state index contributed by atoms with van der Waals surface area (Å²) in [5.74, 6) is -0.655. The van der Waals surface area contributed by atoms with Crippen LogP contribution in [0.1, 0.15) is 17.5 Å².